The van der Waals surface area contributed by atoms with Gasteiger partial charge in [0, 0.05) is 56.7 Å². The zero-order chi connectivity index (χ0) is 24.1. The first-order valence-corrected chi connectivity index (χ1v) is 11.4. The molecule has 0 spiro atoms. The lowest BCUT2D eigenvalue weighted by atomic mass is 10.1. The summed E-state index contributed by atoms with van der Waals surface area (Å²) in [6.45, 7) is 5.80. The summed E-state index contributed by atoms with van der Waals surface area (Å²) in [5, 5.41) is 14.5. The number of methoxy groups -OCH3 is 1. The number of amides is 2. The molecule has 180 valence electrons. The van der Waals surface area contributed by atoms with Gasteiger partial charge in [-0.05, 0) is 38.0 Å². The number of ether oxygens (including phenoxy) is 2. The van der Waals surface area contributed by atoms with Crippen LogP contribution in [0.15, 0.2) is 30.6 Å². The molecule has 0 atom stereocenters. The highest BCUT2D eigenvalue weighted by Crippen LogP contribution is 2.30. The lowest BCUT2D eigenvalue weighted by molar-refractivity contribution is -0.119. The van der Waals surface area contributed by atoms with Gasteiger partial charge in [0.1, 0.15) is 5.75 Å². The maximum Gasteiger partial charge on any atom is 0.259 e. The molecular formula is C24H30N6O4. The Balaban J connectivity index is 1.64. The first-order valence-electron chi connectivity index (χ1n) is 11.4. The predicted octanol–water partition coefficient (Wildman–Crippen LogP) is 2.94. The van der Waals surface area contributed by atoms with Crippen molar-refractivity contribution in [1.29, 1.82) is 0 Å². The zero-order valence-corrected chi connectivity index (χ0v) is 19.7. The van der Waals surface area contributed by atoms with Crippen LogP contribution in [0.1, 0.15) is 42.6 Å². The molecule has 0 bridgehead atoms. The van der Waals surface area contributed by atoms with Gasteiger partial charge in [-0.2, -0.15) is 5.10 Å². The molecule has 0 radical (unpaired) electrons. The van der Waals surface area contributed by atoms with Crippen LogP contribution in [0.25, 0.3) is 11.0 Å². The maximum absolute atomic E-state index is 13.4. The van der Waals surface area contributed by atoms with Crippen LogP contribution in [0, 0.1) is 0 Å². The van der Waals surface area contributed by atoms with Gasteiger partial charge >= 0.3 is 0 Å². The van der Waals surface area contributed by atoms with Crippen molar-refractivity contribution in [3.63, 3.8) is 0 Å². The van der Waals surface area contributed by atoms with E-state index >= 15 is 0 Å². The maximum atomic E-state index is 13.4. The van der Waals surface area contributed by atoms with Gasteiger partial charge in [0.2, 0.25) is 5.91 Å². The number of hydrogen-bond acceptors (Lipinski definition) is 7. The summed E-state index contributed by atoms with van der Waals surface area (Å²) < 4.78 is 12.7. The van der Waals surface area contributed by atoms with E-state index in [0.717, 1.165) is 35.1 Å². The molecule has 0 aliphatic carbocycles. The van der Waals surface area contributed by atoms with Gasteiger partial charge in [0.25, 0.3) is 5.91 Å². The van der Waals surface area contributed by atoms with Crippen LogP contribution < -0.4 is 20.7 Å². The van der Waals surface area contributed by atoms with Crippen molar-refractivity contribution in [1.82, 2.24) is 20.1 Å². The molecule has 1 aliphatic rings. The minimum absolute atomic E-state index is 0.146. The Morgan fingerprint density at radius 2 is 2.03 bits per heavy atom. The zero-order valence-electron chi connectivity index (χ0n) is 19.7. The van der Waals surface area contributed by atoms with Crippen molar-refractivity contribution in [3.8, 4) is 5.75 Å². The average molecular weight is 467 g/mol. The number of aryl methyl sites for hydroxylation is 1. The van der Waals surface area contributed by atoms with Crippen molar-refractivity contribution >= 4 is 34.2 Å². The summed E-state index contributed by atoms with van der Waals surface area (Å²) in [7, 11) is 1.57. The SMILES string of the molecule is CCn1ncc2c(NC3CCOCC3)c(C(=O)Nc3ccc(OC)c(CNC(C)=O)c3)cnc21. The molecule has 1 fully saturated rings. The number of fused-ring (bicyclic) bond motifs is 1. The third kappa shape index (κ3) is 5.12. The second-order valence-electron chi connectivity index (χ2n) is 8.17. The fourth-order valence-corrected chi connectivity index (χ4v) is 4.04. The number of nitrogens with zero attached hydrogens (tertiary/aromatic N) is 3. The number of aromatic nitrogens is 3. The minimum Gasteiger partial charge on any atom is -0.496 e. The van der Waals surface area contributed by atoms with Crippen molar-refractivity contribution in [2.75, 3.05) is 31.0 Å². The molecule has 1 aliphatic heterocycles. The molecule has 4 rings (SSSR count). The van der Waals surface area contributed by atoms with Gasteiger partial charge < -0.3 is 25.4 Å². The number of carbonyl (C=O) groups excluding carboxylic acids is 2. The molecule has 3 N–H and O–H groups in total. The Hall–Kier alpha value is -3.66. The van der Waals surface area contributed by atoms with Gasteiger partial charge in [0.05, 0.1) is 29.9 Å². The normalized spacial score (nSPS) is 14.1. The molecule has 3 heterocycles. The standard InChI is InChI=1S/C24H30N6O4/c1-4-30-23-19(14-27-30)22(28-17-7-9-34-10-8-17)20(13-26-23)24(32)29-18-5-6-21(33-3)16(11-18)12-25-15(2)31/h5-6,11,13-14,17H,4,7-10,12H2,1-3H3,(H,25,31)(H,26,28)(H,29,32). The Morgan fingerprint density at radius 1 is 1.24 bits per heavy atom. The second-order valence-corrected chi connectivity index (χ2v) is 8.17. The summed E-state index contributed by atoms with van der Waals surface area (Å²) in [6, 6.07) is 5.52. The van der Waals surface area contributed by atoms with Crippen LogP contribution in [0.5, 0.6) is 5.75 Å². The first kappa shape index (κ1) is 23.5. The Morgan fingerprint density at radius 3 is 2.74 bits per heavy atom. The number of carbonyl (C=O) groups is 2. The van der Waals surface area contributed by atoms with E-state index < -0.39 is 0 Å². The second kappa shape index (κ2) is 10.5. The number of anilines is 2. The number of hydrogen-bond donors (Lipinski definition) is 3. The van der Waals surface area contributed by atoms with E-state index in [4.69, 9.17) is 9.47 Å². The Kier molecular flexibility index (Phi) is 7.27. The first-order chi connectivity index (χ1) is 16.5. The molecule has 3 aromatic rings. The number of rotatable bonds is 8. The molecule has 10 heteroatoms. The summed E-state index contributed by atoms with van der Waals surface area (Å²) >= 11 is 0. The van der Waals surface area contributed by atoms with E-state index in [1.165, 1.54) is 6.92 Å². The predicted molar refractivity (Wildman–Crippen MR) is 129 cm³/mol. The largest absolute Gasteiger partial charge is 0.496 e. The molecule has 1 aromatic carbocycles. The Labute approximate surface area is 198 Å². The monoisotopic (exact) mass is 466 g/mol. The number of benzene rings is 1. The van der Waals surface area contributed by atoms with Crippen molar-refractivity contribution in [2.45, 2.75) is 45.8 Å². The van der Waals surface area contributed by atoms with Crippen LogP contribution in [-0.4, -0.2) is 52.9 Å². The van der Waals surface area contributed by atoms with E-state index in [2.05, 4.69) is 26.0 Å². The van der Waals surface area contributed by atoms with Crippen molar-refractivity contribution in [2.24, 2.45) is 0 Å². The highest BCUT2D eigenvalue weighted by molar-refractivity contribution is 6.12. The van der Waals surface area contributed by atoms with Crippen LogP contribution in [0.2, 0.25) is 0 Å². The van der Waals surface area contributed by atoms with Crippen molar-refractivity contribution in [3.05, 3.63) is 41.7 Å². The van der Waals surface area contributed by atoms with E-state index in [9.17, 15) is 9.59 Å². The van der Waals surface area contributed by atoms with Crippen LogP contribution in [-0.2, 0) is 22.6 Å². The van der Waals surface area contributed by atoms with Gasteiger partial charge in [-0.3, -0.25) is 9.59 Å². The third-order valence-electron chi connectivity index (χ3n) is 5.85. The minimum atomic E-state index is -0.288. The smallest absolute Gasteiger partial charge is 0.259 e. The number of nitrogens with one attached hydrogen (secondary N) is 3. The fraction of sp³-hybridized carbons (Fsp3) is 0.417. The van der Waals surface area contributed by atoms with E-state index in [0.29, 0.717) is 43.3 Å². The van der Waals surface area contributed by atoms with Gasteiger partial charge in [-0.25, -0.2) is 9.67 Å². The highest BCUT2D eigenvalue weighted by atomic mass is 16.5. The summed E-state index contributed by atoms with van der Waals surface area (Å²) in [6.07, 6.45) is 5.06. The summed E-state index contributed by atoms with van der Waals surface area (Å²) in [5.74, 6) is 0.194. The topological polar surface area (TPSA) is 119 Å². The summed E-state index contributed by atoms with van der Waals surface area (Å²) in [5.41, 5.74) is 3.24. The average Bonchev–Trinajstić information content (AvgIpc) is 3.27. The third-order valence-corrected chi connectivity index (χ3v) is 5.85. The molecule has 0 saturated carbocycles. The van der Waals surface area contributed by atoms with Crippen LogP contribution in [0.4, 0.5) is 11.4 Å². The quantitative estimate of drug-likeness (QED) is 0.467. The molecule has 0 unspecified atom stereocenters. The van der Waals surface area contributed by atoms with E-state index in [1.807, 2.05) is 11.6 Å². The molecule has 34 heavy (non-hydrogen) atoms. The molecular weight excluding hydrogens is 436 g/mol. The summed E-state index contributed by atoms with van der Waals surface area (Å²) in [4.78, 5) is 29.3. The molecule has 2 aromatic heterocycles. The molecule has 1 saturated heterocycles. The number of pyridine rings is 1. The van der Waals surface area contributed by atoms with Gasteiger partial charge in [-0.1, -0.05) is 0 Å². The fourth-order valence-electron chi connectivity index (χ4n) is 4.04. The van der Waals surface area contributed by atoms with Crippen LogP contribution in [0.3, 0.4) is 0 Å². The van der Waals surface area contributed by atoms with E-state index in [1.54, 1.807) is 37.7 Å². The molecule has 2 amide bonds. The van der Waals surface area contributed by atoms with Crippen LogP contribution >= 0.6 is 0 Å². The van der Waals surface area contributed by atoms with Gasteiger partial charge in [-0.15, -0.1) is 0 Å². The van der Waals surface area contributed by atoms with Gasteiger partial charge in [0.15, 0.2) is 5.65 Å². The van der Waals surface area contributed by atoms with Crippen molar-refractivity contribution < 1.29 is 19.1 Å². The Bertz CT molecular complexity index is 1190. The highest BCUT2D eigenvalue weighted by Gasteiger charge is 2.22. The lowest BCUT2D eigenvalue weighted by Gasteiger charge is -2.25. The lowest BCUT2D eigenvalue weighted by Crippen LogP contribution is -2.29. The van der Waals surface area contributed by atoms with E-state index in [-0.39, 0.29) is 17.9 Å². The molecule has 10 nitrogen and oxygen atoms in total.